The van der Waals surface area contributed by atoms with Crippen LogP contribution in [-0.4, -0.2) is 28.3 Å². The molecule has 144 valence electrons. The van der Waals surface area contributed by atoms with Gasteiger partial charge in [-0.05, 0) is 66.2 Å². The number of thioether (sulfide) groups is 1. The molecule has 28 heavy (non-hydrogen) atoms. The number of nitrogens with one attached hydrogen (secondary N) is 1. The Kier molecular flexibility index (Phi) is 6.38. The van der Waals surface area contributed by atoms with Crippen LogP contribution in [0.4, 0.5) is 5.69 Å². The zero-order valence-electron chi connectivity index (χ0n) is 14.9. The maximum atomic E-state index is 12.2. The minimum atomic E-state index is -1.01. The van der Waals surface area contributed by atoms with Crippen LogP contribution >= 0.6 is 23.4 Å². The van der Waals surface area contributed by atoms with E-state index in [2.05, 4.69) is 10.3 Å². The van der Waals surface area contributed by atoms with E-state index in [9.17, 15) is 9.59 Å². The maximum Gasteiger partial charge on any atom is 0.344 e. The Morgan fingerprint density at radius 3 is 2.75 bits per heavy atom. The number of amides is 1. The lowest BCUT2D eigenvalue weighted by Gasteiger charge is -2.13. The molecule has 0 spiro atoms. The summed E-state index contributed by atoms with van der Waals surface area (Å²) >= 11 is 7.08. The number of aliphatic imine (C=N–C) groups is 1. The molecule has 1 heterocycles. The van der Waals surface area contributed by atoms with Gasteiger partial charge in [0.25, 0.3) is 5.91 Å². The van der Waals surface area contributed by atoms with E-state index in [1.807, 2.05) is 6.07 Å². The third-order valence-electron chi connectivity index (χ3n) is 3.79. The molecule has 1 amide bonds. The molecule has 1 atom stereocenters. The number of benzene rings is 2. The first-order valence-electron chi connectivity index (χ1n) is 8.49. The van der Waals surface area contributed by atoms with Crippen molar-refractivity contribution < 1.29 is 19.4 Å². The zero-order valence-corrected chi connectivity index (χ0v) is 16.5. The van der Waals surface area contributed by atoms with Gasteiger partial charge >= 0.3 is 5.97 Å². The SMILES string of the molecule is CCC(Oc1cccc(/C=C2/SC(=Nc3ccc(Cl)cc3)NC2=O)c1)C(=O)O. The molecule has 8 heteroatoms. The first-order chi connectivity index (χ1) is 13.4. The number of amidine groups is 1. The van der Waals surface area contributed by atoms with Gasteiger partial charge in [-0.1, -0.05) is 30.7 Å². The number of carboxylic acids is 1. The van der Waals surface area contributed by atoms with Crippen LogP contribution in [0.15, 0.2) is 58.4 Å². The third kappa shape index (κ3) is 5.15. The maximum absolute atomic E-state index is 12.2. The molecule has 1 aliphatic rings. The van der Waals surface area contributed by atoms with Crippen molar-refractivity contribution in [2.24, 2.45) is 4.99 Å². The molecule has 0 aliphatic carbocycles. The molecule has 6 nitrogen and oxygen atoms in total. The zero-order chi connectivity index (χ0) is 20.1. The molecule has 2 N–H and O–H groups in total. The molecule has 3 rings (SSSR count). The molecular formula is C20H17ClN2O4S. The van der Waals surface area contributed by atoms with E-state index in [0.29, 0.717) is 33.0 Å². The summed E-state index contributed by atoms with van der Waals surface area (Å²) in [6.45, 7) is 1.74. The molecule has 1 aliphatic heterocycles. The fourth-order valence-corrected chi connectivity index (χ4v) is 3.38. The topological polar surface area (TPSA) is 88.0 Å². The van der Waals surface area contributed by atoms with E-state index in [1.54, 1.807) is 55.5 Å². The van der Waals surface area contributed by atoms with Crippen molar-refractivity contribution in [3.05, 3.63) is 64.0 Å². The largest absolute Gasteiger partial charge is 0.479 e. The van der Waals surface area contributed by atoms with Crippen LogP contribution in [0, 0.1) is 0 Å². The quantitative estimate of drug-likeness (QED) is 0.678. The van der Waals surface area contributed by atoms with Crippen LogP contribution in [0.25, 0.3) is 6.08 Å². The van der Waals surface area contributed by atoms with Gasteiger partial charge in [0.15, 0.2) is 11.3 Å². The Bertz CT molecular complexity index is 957. The van der Waals surface area contributed by atoms with Gasteiger partial charge in [-0.25, -0.2) is 9.79 Å². The molecule has 1 fully saturated rings. The van der Waals surface area contributed by atoms with E-state index in [1.165, 1.54) is 11.8 Å². The molecule has 0 saturated carbocycles. The van der Waals surface area contributed by atoms with Crippen molar-refractivity contribution in [1.82, 2.24) is 5.32 Å². The average Bonchev–Trinajstić information content (AvgIpc) is 3.00. The predicted molar refractivity (Wildman–Crippen MR) is 111 cm³/mol. The number of carboxylic acid groups (broad SMARTS) is 1. The van der Waals surface area contributed by atoms with Crippen LogP contribution in [0.1, 0.15) is 18.9 Å². The van der Waals surface area contributed by atoms with Crippen LogP contribution < -0.4 is 10.1 Å². The van der Waals surface area contributed by atoms with Gasteiger partial charge in [-0.3, -0.25) is 4.79 Å². The van der Waals surface area contributed by atoms with Crippen LogP contribution in [-0.2, 0) is 9.59 Å². The predicted octanol–water partition coefficient (Wildman–Crippen LogP) is 4.47. The molecule has 0 radical (unpaired) electrons. The Hall–Kier alpha value is -2.77. The highest BCUT2D eigenvalue weighted by Crippen LogP contribution is 2.29. The number of hydrogen-bond acceptors (Lipinski definition) is 5. The Balaban J connectivity index is 1.76. The minimum Gasteiger partial charge on any atom is -0.479 e. The molecule has 2 aromatic rings. The molecule has 1 unspecified atom stereocenters. The van der Waals surface area contributed by atoms with Crippen molar-refractivity contribution in [2.45, 2.75) is 19.4 Å². The van der Waals surface area contributed by atoms with Gasteiger partial charge in [0.1, 0.15) is 5.75 Å². The number of hydrogen-bond donors (Lipinski definition) is 2. The number of ether oxygens (including phenoxy) is 1. The number of aliphatic carboxylic acids is 1. The van der Waals surface area contributed by atoms with Crippen molar-refractivity contribution in [3.63, 3.8) is 0 Å². The molecule has 0 bridgehead atoms. The monoisotopic (exact) mass is 416 g/mol. The second-order valence-electron chi connectivity index (χ2n) is 5.88. The number of carbonyl (C=O) groups is 2. The Morgan fingerprint density at radius 1 is 1.32 bits per heavy atom. The highest BCUT2D eigenvalue weighted by atomic mass is 35.5. The van der Waals surface area contributed by atoms with Gasteiger partial charge in [0, 0.05) is 5.02 Å². The van der Waals surface area contributed by atoms with Crippen molar-refractivity contribution in [3.8, 4) is 5.75 Å². The lowest BCUT2D eigenvalue weighted by molar-refractivity contribution is -0.145. The normalized spacial score (nSPS) is 17.6. The van der Waals surface area contributed by atoms with E-state index in [0.717, 1.165) is 5.56 Å². The van der Waals surface area contributed by atoms with E-state index >= 15 is 0 Å². The van der Waals surface area contributed by atoms with Gasteiger partial charge in [-0.2, -0.15) is 0 Å². The number of halogens is 1. The average molecular weight is 417 g/mol. The molecule has 0 aromatic heterocycles. The van der Waals surface area contributed by atoms with Crippen LogP contribution in [0.5, 0.6) is 5.75 Å². The second-order valence-corrected chi connectivity index (χ2v) is 7.35. The molecule has 2 aromatic carbocycles. The Morgan fingerprint density at radius 2 is 2.07 bits per heavy atom. The first kappa shape index (κ1) is 20.0. The summed E-state index contributed by atoms with van der Waals surface area (Å²) in [5.74, 6) is -0.830. The summed E-state index contributed by atoms with van der Waals surface area (Å²) in [5.41, 5.74) is 1.41. The van der Waals surface area contributed by atoms with E-state index < -0.39 is 12.1 Å². The smallest absolute Gasteiger partial charge is 0.344 e. The second kappa shape index (κ2) is 8.95. The standard InChI is InChI=1S/C20H17ClN2O4S/c1-2-16(19(25)26)27-15-5-3-4-12(10-15)11-17-18(24)23-20(28-17)22-14-8-6-13(21)7-9-14/h3-11,16H,2H2,1H3,(H,25,26)(H,22,23,24)/b17-11+. The van der Waals surface area contributed by atoms with E-state index in [-0.39, 0.29) is 5.91 Å². The highest BCUT2D eigenvalue weighted by Gasteiger charge is 2.24. The summed E-state index contributed by atoms with van der Waals surface area (Å²) in [6.07, 6.45) is 1.15. The number of carbonyl (C=O) groups excluding carboxylic acids is 1. The fourth-order valence-electron chi connectivity index (χ4n) is 2.42. The minimum absolute atomic E-state index is 0.249. The van der Waals surface area contributed by atoms with Gasteiger partial charge in [-0.15, -0.1) is 0 Å². The summed E-state index contributed by atoms with van der Waals surface area (Å²) in [5, 5.41) is 12.9. The molecular weight excluding hydrogens is 400 g/mol. The summed E-state index contributed by atoms with van der Waals surface area (Å²) in [7, 11) is 0. The summed E-state index contributed by atoms with van der Waals surface area (Å²) < 4.78 is 5.50. The summed E-state index contributed by atoms with van der Waals surface area (Å²) in [4.78, 5) is 28.2. The lowest BCUT2D eigenvalue weighted by atomic mass is 10.2. The van der Waals surface area contributed by atoms with E-state index in [4.69, 9.17) is 21.4 Å². The first-order valence-corrected chi connectivity index (χ1v) is 9.68. The van der Waals surface area contributed by atoms with Gasteiger partial charge < -0.3 is 15.2 Å². The molecule has 1 saturated heterocycles. The lowest BCUT2D eigenvalue weighted by Crippen LogP contribution is -2.25. The van der Waals surface area contributed by atoms with Crippen LogP contribution in [0.2, 0.25) is 5.02 Å². The van der Waals surface area contributed by atoms with Crippen LogP contribution in [0.3, 0.4) is 0 Å². The van der Waals surface area contributed by atoms with Gasteiger partial charge in [0.2, 0.25) is 0 Å². The fraction of sp³-hybridized carbons (Fsp3) is 0.150. The van der Waals surface area contributed by atoms with Gasteiger partial charge in [0.05, 0.1) is 10.6 Å². The Labute approximate surface area is 171 Å². The number of nitrogens with zero attached hydrogens (tertiary/aromatic N) is 1. The summed E-state index contributed by atoms with van der Waals surface area (Å²) in [6, 6.07) is 13.9. The highest BCUT2D eigenvalue weighted by molar-refractivity contribution is 8.18. The number of rotatable bonds is 6. The van der Waals surface area contributed by atoms with Crippen molar-refractivity contribution in [2.75, 3.05) is 0 Å². The third-order valence-corrected chi connectivity index (χ3v) is 4.95. The van der Waals surface area contributed by atoms with Crippen molar-refractivity contribution >= 4 is 52.2 Å². The van der Waals surface area contributed by atoms with Crippen molar-refractivity contribution in [1.29, 1.82) is 0 Å².